The lowest BCUT2D eigenvalue weighted by Gasteiger charge is -2.17. The van der Waals surface area contributed by atoms with Gasteiger partial charge in [-0.2, -0.15) is 5.26 Å². The van der Waals surface area contributed by atoms with E-state index >= 15 is 0 Å². The van der Waals surface area contributed by atoms with Crippen molar-refractivity contribution in [2.45, 2.75) is 6.42 Å². The van der Waals surface area contributed by atoms with Crippen LogP contribution in [0.25, 0.3) is 0 Å². The van der Waals surface area contributed by atoms with Gasteiger partial charge in [-0.3, -0.25) is 0 Å². The minimum atomic E-state index is -0.328. The van der Waals surface area contributed by atoms with Crippen LogP contribution in [-0.2, 0) is 0 Å². The van der Waals surface area contributed by atoms with Crippen molar-refractivity contribution in [3.8, 4) is 6.07 Å². The van der Waals surface area contributed by atoms with Gasteiger partial charge in [0.05, 0.1) is 6.07 Å². The molecule has 94 valence electrons. The highest BCUT2D eigenvalue weighted by Gasteiger charge is 2.11. The van der Waals surface area contributed by atoms with Gasteiger partial charge < -0.3 is 0 Å². The number of allylic oxidation sites excluding steroid dienone is 2. The van der Waals surface area contributed by atoms with Gasteiger partial charge in [0.1, 0.15) is 0 Å². The molecule has 0 bridgehead atoms. The Balaban J connectivity index is 2.19. The van der Waals surface area contributed by atoms with Crippen LogP contribution in [0.2, 0.25) is 0 Å². The zero-order valence-electron chi connectivity index (χ0n) is 10.7. The van der Waals surface area contributed by atoms with E-state index in [1.165, 1.54) is 10.6 Å². The third kappa shape index (κ3) is 4.05. The van der Waals surface area contributed by atoms with Crippen LogP contribution in [0.3, 0.4) is 0 Å². The summed E-state index contributed by atoms with van der Waals surface area (Å²) in [7, 11) is -0.328. The highest BCUT2D eigenvalue weighted by atomic mass is 31.1. The molecule has 0 saturated carbocycles. The van der Waals surface area contributed by atoms with E-state index in [9.17, 15) is 0 Å². The van der Waals surface area contributed by atoms with Gasteiger partial charge in [0.25, 0.3) is 0 Å². The van der Waals surface area contributed by atoms with E-state index in [4.69, 9.17) is 5.26 Å². The second kappa shape index (κ2) is 7.52. The van der Waals surface area contributed by atoms with Crippen molar-refractivity contribution >= 4 is 18.5 Å². The Kier molecular flexibility index (Phi) is 5.35. The average Bonchev–Trinajstić information content (AvgIpc) is 2.49. The lowest BCUT2D eigenvalue weighted by Crippen LogP contribution is -2.13. The van der Waals surface area contributed by atoms with Crippen molar-refractivity contribution in [3.05, 3.63) is 72.8 Å². The molecule has 0 saturated heterocycles. The fourth-order valence-electron chi connectivity index (χ4n) is 1.96. The molecule has 2 aromatic rings. The predicted octanol–water partition coefficient (Wildman–Crippen LogP) is 3.59. The maximum Gasteiger partial charge on any atom is 0.0908 e. The highest BCUT2D eigenvalue weighted by molar-refractivity contribution is 7.73. The van der Waals surface area contributed by atoms with Crippen molar-refractivity contribution in [2.75, 3.05) is 6.16 Å². The zero-order chi connectivity index (χ0) is 13.3. The molecule has 0 aliphatic rings. The van der Waals surface area contributed by atoms with Crippen LogP contribution in [-0.4, -0.2) is 6.16 Å². The Morgan fingerprint density at radius 2 is 1.42 bits per heavy atom. The molecule has 0 aliphatic carbocycles. The quantitative estimate of drug-likeness (QED) is 0.598. The molecule has 0 amide bonds. The minimum Gasteiger partial charge on any atom is -0.193 e. The van der Waals surface area contributed by atoms with Gasteiger partial charge in [-0.1, -0.05) is 66.7 Å². The molecule has 0 N–H and O–H groups in total. The van der Waals surface area contributed by atoms with Crippen LogP contribution in [0.4, 0.5) is 0 Å². The second-order valence-corrected chi connectivity index (χ2v) is 6.48. The monoisotopic (exact) mass is 265 g/mol. The summed E-state index contributed by atoms with van der Waals surface area (Å²) in [5, 5.41) is 11.3. The summed E-state index contributed by atoms with van der Waals surface area (Å²) in [6.45, 7) is 0. The van der Waals surface area contributed by atoms with E-state index in [2.05, 4.69) is 60.7 Å². The second-order valence-electron chi connectivity index (χ2n) is 4.14. The van der Waals surface area contributed by atoms with E-state index in [0.29, 0.717) is 0 Å². The van der Waals surface area contributed by atoms with Gasteiger partial charge in [0, 0.05) is 6.08 Å². The molecule has 0 fully saturated rings. The minimum absolute atomic E-state index is 0.328. The van der Waals surface area contributed by atoms with E-state index in [0.717, 1.165) is 12.6 Å². The standard InChI is InChI=1S/C17H16NP/c18-14-8-3-9-15-19(16-10-4-1-5-11-16)17-12-6-2-7-13-17/h1-8,10-13H,9,15H2/b8-3+. The van der Waals surface area contributed by atoms with E-state index in [-0.39, 0.29) is 7.92 Å². The molecule has 2 rings (SSSR count). The summed E-state index contributed by atoms with van der Waals surface area (Å²) in [4.78, 5) is 0. The highest BCUT2D eigenvalue weighted by Crippen LogP contribution is 2.34. The third-order valence-corrected chi connectivity index (χ3v) is 5.40. The molecule has 19 heavy (non-hydrogen) atoms. The van der Waals surface area contributed by atoms with Crippen molar-refractivity contribution in [3.63, 3.8) is 0 Å². The van der Waals surface area contributed by atoms with Crippen LogP contribution in [0.15, 0.2) is 72.8 Å². The van der Waals surface area contributed by atoms with Crippen molar-refractivity contribution < 1.29 is 0 Å². The first kappa shape index (κ1) is 13.5. The van der Waals surface area contributed by atoms with Crippen LogP contribution < -0.4 is 10.6 Å². The summed E-state index contributed by atoms with van der Waals surface area (Å²) in [5.41, 5.74) is 0. The van der Waals surface area contributed by atoms with Gasteiger partial charge in [0.2, 0.25) is 0 Å². The maximum absolute atomic E-state index is 8.53. The van der Waals surface area contributed by atoms with Gasteiger partial charge in [-0.15, -0.1) is 0 Å². The van der Waals surface area contributed by atoms with Gasteiger partial charge >= 0.3 is 0 Å². The Morgan fingerprint density at radius 3 is 1.89 bits per heavy atom. The molecule has 1 nitrogen and oxygen atoms in total. The van der Waals surface area contributed by atoms with Crippen LogP contribution >= 0.6 is 7.92 Å². The van der Waals surface area contributed by atoms with E-state index < -0.39 is 0 Å². The molecular formula is C17H16NP. The molecule has 0 aromatic heterocycles. The van der Waals surface area contributed by atoms with Gasteiger partial charge in [-0.25, -0.2) is 0 Å². The number of nitrogens with zero attached hydrogens (tertiary/aromatic N) is 1. The molecule has 0 atom stereocenters. The number of rotatable bonds is 5. The lowest BCUT2D eigenvalue weighted by molar-refractivity contribution is 1.24. The Hall–Kier alpha value is -1.90. The molecular weight excluding hydrogens is 249 g/mol. The summed E-state index contributed by atoms with van der Waals surface area (Å²) in [5.74, 6) is 0. The predicted molar refractivity (Wildman–Crippen MR) is 83.3 cm³/mol. The summed E-state index contributed by atoms with van der Waals surface area (Å²) in [6, 6.07) is 23.3. The largest absolute Gasteiger partial charge is 0.193 e. The van der Waals surface area contributed by atoms with Gasteiger partial charge in [-0.05, 0) is 31.1 Å². The summed E-state index contributed by atoms with van der Waals surface area (Å²) in [6.07, 6.45) is 5.56. The Labute approximate surface area is 116 Å². The first-order valence-corrected chi connectivity index (χ1v) is 7.87. The third-order valence-electron chi connectivity index (χ3n) is 2.85. The number of hydrogen-bond acceptors (Lipinski definition) is 1. The number of hydrogen-bond donors (Lipinski definition) is 0. The normalized spacial score (nSPS) is 10.7. The number of benzene rings is 2. The Bertz CT molecular complexity index is 515. The van der Waals surface area contributed by atoms with Crippen molar-refractivity contribution in [1.29, 1.82) is 5.26 Å². The average molecular weight is 265 g/mol. The summed E-state index contributed by atoms with van der Waals surface area (Å²) >= 11 is 0. The van der Waals surface area contributed by atoms with Crippen LogP contribution in [0.1, 0.15) is 6.42 Å². The molecule has 0 radical (unpaired) electrons. The Morgan fingerprint density at radius 1 is 0.895 bits per heavy atom. The van der Waals surface area contributed by atoms with E-state index in [1.807, 2.05) is 12.1 Å². The van der Waals surface area contributed by atoms with Crippen LogP contribution in [0.5, 0.6) is 0 Å². The zero-order valence-corrected chi connectivity index (χ0v) is 11.6. The maximum atomic E-state index is 8.53. The fourth-order valence-corrected chi connectivity index (χ4v) is 4.25. The van der Waals surface area contributed by atoms with Crippen molar-refractivity contribution in [2.24, 2.45) is 0 Å². The number of nitriles is 1. The van der Waals surface area contributed by atoms with Gasteiger partial charge in [0.15, 0.2) is 0 Å². The first-order valence-electron chi connectivity index (χ1n) is 6.34. The molecule has 0 aliphatic heterocycles. The summed E-state index contributed by atoms with van der Waals surface area (Å²) < 4.78 is 0. The van der Waals surface area contributed by atoms with Crippen molar-refractivity contribution in [1.82, 2.24) is 0 Å². The first-order chi connectivity index (χ1) is 9.42. The van der Waals surface area contributed by atoms with Crippen LogP contribution in [0, 0.1) is 11.3 Å². The smallest absolute Gasteiger partial charge is 0.0908 e. The lowest BCUT2D eigenvalue weighted by atomic mass is 10.4. The molecule has 2 aromatic carbocycles. The topological polar surface area (TPSA) is 23.8 Å². The molecule has 0 heterocycles. The molecule has 2 heteroatoms. The molecule has 0 unspecified atom stereocenters. The molecule has 0 spiro atoms. The van der Waals surface area contributed by atoms with E-state index in [1.54, 1.807) is 6.08 Å². The SMILES string of the molecule is N#C/C=C/CCP(c1ccccc1)c1ccccc1. The fraction of sp³-hybridized carbons (Fsp3) is 0.118.